The van der Waals surface area contributed by atoms with Gasteiger partial charge < -0.3 is 14.4 Å². The van der Waals surface area contributed by atoms with Crippen LogP contribution in [0.15, 0.2) is 42.5 Å². The van der Waals surface area contributed by atoms with Crippen LogP contribution in [0.2, 0.25) is 0 Å². The van der Waals surface area contributed by atoms with Crippen molar-refractivity contribution in [3.05, 3.63) is 59.2 Å². The Morgan fingerprint density at radius 3 is 2.61 bits per heavy atom. The third kappa shape index (κ3) is 3.19. The summed E-state index contributed by atoms with van der Waals surface area (Å²) in [7, 11) is 1.52. The van der Waals surface area contributed by atoms with Crippen molar-refractivity contribution in [2.75, 3.05) is 7.11 Å². The Hall–Kier alpha value is -3.35. The molecule has 7 heteroatoms. The number of nitrogens with zero attached hydrogens (tertiary/aromatic N) is 1. The van der Waals surface area contributed by atoms with Crippen molar-refractivity contribution in [2.45, 2.75) is 32.0 Å². The normalized spacial score (nSPS) is 18.7. The number of rotatable bonds is 5. The fraction of sp³-hybridized carbons (Fsp3) is 0.286. The molecule has 144 valence electrons. The van der Waals surface area contributed by atoms with Crippen LogP contribution in [0.25, 0.3) is 0 Å². The molecule has 2 aromatic carbocycles. The molecule has 1 atom stereocenters. The highest BCUT2D eigenvalue weighted by molar-refractivity contribution is 6.06. The van der Waals surface area contributed by atoms with E-state index in [0.29, 0.717) is 36.6 Å². The van der Waals surface area contributed by atoms with Crippen molar-refractivity contribution in [1.29, 1.82) is 0 Å². The number of carbonyl (C=O) groups excluding carboxylic acids is 3. The summed E-state index contributed by atoms with van der Waals surface area (Å²) >= 11 is 0. The summed E-state index contributed by atoms with van der Waals surface area (Å²) in [6.07, 6.45) is 0.541. The van der Waals surface area contributed by atoms with Crippen LogP contribution < -0.4 is 14.8 Å². The van der Waals surface area contributed by atoms with Crippen molar-refractivity contribution < 1.29 is 23.9 Å². The lowest BCUT2D eigenvalue weighted by Crippen LogP contribution is -2.52. The summed E-state index contributed by atoms with van der Waals surface area (Å²) < 4.78 is 11.4. The zero-order chi connectivity index (χ0) is 19.7. The summed E-state index contributed by atoms with van der Waals surface area (Å²) in [5, 5.41) is 2.31. The minimum atomic E-state index is -0.662. The van der Waals surface area contributed by atoms with E-state index < -0.39 is 11.9 Å². The molecule has 0 radical (unpaired) electrons. The van der Waals surface area contributed by atoms with E-state index in [9.17, 15) is 14.4 Å². The average molecular weight is 380 g/mol. The fourth-order valence-electron chi connectivity index (χ4n) is 3.63. The standard InChI is InChI=1S/C21H20N2O5/c1-27-16-9-7-14-11-23(15-8-10-17(24)22-20(15)25)21(26)18(14)19(16)28-12-13-5-3-2-4-6-13/h2-7,9,15H,8,10-12H2,1H3,(H,22,24,25). The number of hydrogen-bond acceptors (Lipinski definition) is 5. The Kier molecular flexibility index (Phi) is 4.73. The molecule has 0 aromatic heterocycles. The lowest BCUT2D eigenvalue weighted by atomic mass is 10.0. The van der Waals surface area contributed by atoms with Crippen molar-refractivity contribution in [3.63, 3.8) is 0 Å². The van der Waals surface area contributed by atoms with E-state index in [1.807, 2.05) is 36.4 Å². The largest absolute Gasteiger partial charge is 0.493 e. The highest BCUT2D eigenvalue weighted by Crippen LogP contribution is 2.40. The molecule has 0 aliphatic carbocycles. The summed E-state index contributed by atoms with van der Waals surface area (Å²) in [6.45, 7) is 0.589. The van der Waals surface area contributed by atoms with Gasteiger partial charge in [0.25, 0.3) is 5.91 Å². The molecule has 2 heterocycles. The molecule has 0 spiro atoms. The number of piperidine rings is 1. The number of nitrogens with one attached hydrogen (secondary N) is 1. The van der Waals surface area contributed by atoms with Crippen LogP contribution in [-0.2, 0) is 22.7 Å². The van der Waals surface area contributed by atoms with Gasteiger partial charge in [-0.3, -0.25) is 19.7 Å². The molecule has 1 fully saturated rings. The zero-order valence-electron chi connectivity index (χ0n) is 15.4. The minimum Gasteiger partial charge on any atom is -0.493 e. The van der Waals surface area contributed by atoms with Gasteiger partial charge in [-0.15, -0.1) is 0 Å². The number of benzene rings is 2. The van der Waals surface area contributed by atoms with E-state index in [2.05, 4.69) is 5.32 Å². The number of fused-ring (bicyclic) bond motifs is 1. The number of hydrogen-bond donors (Lipinski definition) is 1. The van der Waals surface area contributed by atoms with Gasteiger partial charge in [0, 0.05) is 13.0 Å². The Labute approximate surface area is 162 Å². The van der Waals surface area contributed by atoms with Gasteiger partial charge in [-0.2, -0.15) is 0 Å². The predicted octanol–water partition coefficient (Wildman–Crippen LogP) is 2.04. The first-order chi connectivity index (χ1) is 13.6. The van der Waals surface area contributed by atoms with E-state index in [0.717, 1.165) is 11.1 Å². The molecule has 2 aliphatic heterocycles. The lowest BCUT2D eigenvalue weighted by molar-refractivity contribution is -0.136. The topological polar surface area (TPSA) is 84.9 Å². The van der Waals surface area contributed by atoms with Crippen LogP contribution in [0.5, 0.6) is 11.5 Å². The number of imide groups is 1. The molecule has 28 heavy (non-hydrogen) atoms. The molecule has 1 N–H and O–H groups in total. The SMILES string of the molecule is COc1ccc2c(c1OCc1ccccc1)C(=O)N(C1CCC(=O)NC1=O)C2. The molecule has 3 amide bonds. The molecule has 1 unspecified atom stereocenters. The second-order valence-electron chi connectivity index (χ2n) is 6.81. The Bertz CT molecular complexity index is 941. The second-order valence-corrected chi connectivity index (χ2v) is 6.81. The number of methoxy groups -OCH3 is 1. The minimum absolute atomic E-state index is 0.219. The molecule has 2 aromatic rings. The Morgan fingerprint density at radius 2 is 1.89 bits per heavy atom. The van der Waals surface area contributed by atoms with Gasteiger partial charge in [-0.05, 0) is 23.6 Å². The quantitative estimate of drug-likeness (QED) is 0.803. The smallest absolute Gasteiger partial charge is 0.259 e. The molecule has 4 rings (SSSR count). The Balaban J connectivity index is 1.62. The molecule has 0 saturated carbocycles. The lowest BCUT2D eigenvalue weighted by Gasteiger charge is -2.29. The van der Waals surface area contributed by atoms with E-state index >= 15 is 0 Å². The van der Waals surface area contributed by atoms with E-state index in [4.69, 9.17) is 9.47 Å². The van der Waals surface area contributed by atoms with Gasteiger partial charge in [0.05, 0.1) is 12.7 Å². The predicted molar refractivity (Wildman–Crippen MR) is 99.8 cm³/mol. The van der Waals surface area contributed by atoms with Crippen LogP contribution in [-0.4, -0.2) is 35.8 Å². The zero-order valence-corrected chi connectivity index (χ0v) is 15.4. The van der Waals surface area contributed by atoms with Crippen LogP contribution in [0.1, 0.15) is 34.3 Å². The van der Waals surface area contributed by atoms with Gasteiger partial charge in [0.15, 0.2) is 11.5 Å². The first-order valence-electron chi connectivity index (χ1n) is 9.09. The maximum Gasteiger partial charge on any atom is 0.259 e. The monoisotopic (exact) mass is 380 g/mol. The molecule has 0 bridgehead atoms. The van der Waals surface area contributed by atoms with Crippen LogP contribution in [0, 0.1) is 0 Å². The highest BCUT2D eigenvalue weighted by atomic mass is 16.5. The summed E-state index contributed by atoms with van der Waals surface area (Å²) in [4.78, 5) is 38.3. The van der Waals surface area contributed by atoms with Crippen molar-refractivity contribution >= 4 is 17.7 Å². The molecule has 7 nitrogen and oxygen atoms in total. The van der Waals surface area contributed by atoms with Gasteiger partial charge in [-0.1, -0.05) is 36.4 Å². The summed E-state index contributed by atoms with van der Waals surface area (Å²) in [5.74, 6) is -0.182. The first-order valence-corrected chi connectivity index (χ1v) is 9.09. The third-order valence-corrected chi connectivity index (χ3v) is 5.06. The number of carbonyl (C=O) groups is 3. The van der Waals surface area contributed by atoms with E-state index in [-0.39, 0.29) is 18.2 Å². The fourth-order valence-corrected chi connectivity index (χ4v) is 3.63. The average Bonchev–Trinajstić information content (AvgIpc) is 3.03. The number of amides is 3. The van der Waals surface area contributed by atoms with Crippen LogP contribution >= 0.6 is 0 Å². The maximum atomic E-state index is 13.1. The second kappa shape index (κ2) is 7.34. The summed E-state index contributed by atoms with van der Waals surface area (Å²) in [5.41, 5.74) is 2.16. The van der Waals surface area contributed by atoms with Crippen LogP contribution in [0.3, 0.4) is 0 Å². The van der Waals surface area contributed by atoms with Crippen molar-refractivity contribution in [1.82, 2.24) is 10.2 Å². The first kappa shape index (κ1) is 18.0. The third-order valence-electron chi connectivity index (χ3n) is 5.06. The van der Waals surface area contributed by atoms with E-state index in [1.165, 1.54) is 12.0 Å². The molecular formula is C21H20N2O5. The number of ether oxygens (including phenoxy) is 2. The van der Waals surface area contributed by atoms with Crippen molar-refractivity contribution in [3.8, 4) is 11.5 Å². The maximum absolute atomic E-state index is 13.1. The van der Waals surface area contributed by atoms with Gasteiger partial charge in [0.2, 0.25) is 11.8 Å². The summed E-state index contributed by atoms with van der Waals surface area (Å²) in [6, 6.07) is 12.5. The van der Waals surface area contributed by atoms with Gasteiger partial charge >= 0.3 is 0 Å². The highest BCUT2D eigenvalue weighted by Gasteiger charge is 2.41. The molecular weight excluding hydrogens is 360 g/mol. The van der Waals surface area contributed by atoms with Gasteiger partial charge in [0.1, 0.15) is 12.6 Å². The molecule has 1 saturated heterocycles. The van der Waals surface area contributed by atoms with Crippen LogP contribution in [0.4, 0.5) is 0 Å². The van der Waals surface area contributed by atoms with E-state index in [1.54, 1.807) is 6.07 Å². The molecule has 2 aliphatic rings. The van der Waals surface area contributed by atoms with Gasteiger partial charge in [-0.25, -0.2) is 0 Å². The Morgan fingerprint density at radius 1 is 1.11 bits per heavy atom. The van der Waals surface area contributed by atoms with Crippen molar-refractivity contribution in [2.24, 2.45) is 0 Å².